The minimum absolute atomic E-state index is 0.00879. The first kappa shape index (κ1) is 18.5. The van der Waals surface area contributed by atoms with Crippen LogP contribution in [0.25, 0.3) is 0 Å². The Labute approximate surface area is 160 Å². The van der Waals surface area contributed by atoms with Gasteiger partial charge in [-0.15, -0.1) is 0 Å². The van der Waals surface area contributed by atoms with E-state index in [1.807, 2.05) is 37.4 Å². The van der Waals surface area contributed by atoms with Crippen LogP contribution in [0.1, 0.15) is 24.0 Å². The Morgan fingerprint density at radius 1 is 1.15 bits per heavy atom. The van der Waals surface area contributed by atoms with Crippen LogP contribution >= 0.6 is 12.2 Å². The third kappa shape index (κ3) is 5.38. The van der Waals surface area contributed by atoms with Gasteiger partial charge in [-0.1, -0.05) is 42.5 Å². The lowest BCUT2D eigenvalue weighted by molar-refractivity contribution is -0.125. The standard InChI is InChI=1S/C21H25N3OS/c1-24-12-6-10-18(15-24)20(25)23-21(26)22-19-11-5-9-17(14-19)13-16-7-3-2-4-8-16/h2-5,7-9,11,14,18H,6,10,12-13,15H2,1H3,(H2,22,23,25,26). The topological polar surface area (TPSA) is 44.4 Å². The van der Waals surface area contributed by atoms with Crippen molar-refractivity contribution in [2.75, 3.05) is 25.5 Å². The Morgan fingerprint density at radius 3 is 2.69 bits per heavy atom. The summed E-state index contributed by atoms with van der Waals surface area (Å²) in [5.74, 6) is 0.0207. The molecule has 1 amide bonds. The maximum Gasteiger partial charge on any atom is 0.230 e. The van der Waals surface area contributed by atoms with E-state index in [0.717, 1.165) is 38.0 Å². The number of hydrogen-bond acceptors (Lipinski definition) is 3. The van der Waals surface area contributed by atoms with Gasteiger partial charge in [-0.25, -0.2) is 0 Å². The highest BCUT2D eigenvalue weighted by Gasteiger charge is 2.24. The summed E-state index contributed by atoms with van der Waals surface area (Å²) in [6, 6.07) is 18.5. The highest BCUT2D eigenvalue weighted by molar-refractivity contribution is 7.80. The zero-order valence-corrected chi connectivity index (χ0v) is 15.9. The molecule has 2 aromatic rings. The predicted octanol–water partition coefficient (Wildman–Crippen LogP) is 3.43. The Balaban J connectivity index is 1.55. The fraction of sp³-hybridized carbons (Fsp3) is 0.333. The lowest BCUT2D eigenvalue weighted by Crippen LogP contribution is -2.44. The third-order valence-corrected chi connectivity index (χ3v) is 4.87. The Morgan fingerprint density at radius 2 is 1.92 bits per heavy atom. The normalized spacial score (nSPS) is 17.5. The van der Waals surface area contributed by atoms with Crippen molar-refractivity contribution in [3.8, 4) is 0 Å². The van der Waals surface area contributed by atoms with E-state index in [-0.39, 0.29) is 11.8 Å². The summed E-state index contributed by atoms with van der Waals surface area (Å²) in [6.07, 6.45) is 2.84. The van der Waals surface area contributed by atoms with Gasteiger partial charge in [0.05, 0.1) is 5.92 Å². The number of anilines is 1. The number of carbonyl (C=O) groups is 1. The molecule has 4 nitrogen and oxygen atoms in total. The second kappa shape index (κ2) is 8.92. The fourth-order valence-electron chi connectivity index (χ4n) is 3.35. The van der Waals surface area contributed by atoms with Crippen LogP contribution in [-0.2, 0) is 11.2 Å². The predicted molar refractivity (Wildman–Crippen MR) is 110 cm³/mol. The number of nitrogens with zero attached hydrogens (tertiary/aromatic N) is 1. The fourth-order valence-corrected chi connectivity index (χ4v) is 3.57. The van der Waals surface area contributed by atoms with Gasteiger partial charge in [0.1, 0.15) is 0 Å². The number of benzene rings is 2. The molecular formula is C21H25N3OS. The summed E-state index contributed by atoms with van der Waals surface area (Å²) in [6.45, 7) is 1.85. The van der Waals surface area contributed by atoms with E-state index < -0.39 is 0 Å². The zero-order chi connectivity index (χ0) is 18.4. The summed E-state index contributed by atoms with van der Waals surface area (Å²) in [7, 11) is 2.05. The van der Waals surface area contributed by atoms with E-state index in [2.05, 4.69) is 39.8 Å². The highest BCUT2D eigenvalue weighted by atomic mass is 32.1. The molecular weight excluding hydrogens is 342 g/mol. The van der Waals surface area contributed by atoms with Crippen molar-refractivity contribution in [2.45, 2.75) is 19.3 Å². The lowest BCUT2D eigenvalue weighted by atomic mass is 9.98. The van der Waals surface area contributed by atoms with Crippen molar-refractivity contribution >= 4 is 28.9 Å². The van der Waals surface area contributed by atoms with Crippen molar-refractivity contribution < 1.29 is 4.79 Å². The average Bonchev–Trinajstić information content (AvgIpc) is 2.63. The number of likely N-dealkylation sites (tertiary alicyclic amines) is 1. The van der Waals surface area contributed by atoms with E-state index >= 15 is 0 Å². The van der Waals surface area contributed by atoms with Crippen LogP contribution in [0.5, 0.6) is 0 Å². The number of thiocarbonyl (C=S) groups is 1. The summed E-state index contributed by atoms with van der Waals surface area (Å²) in [5, 5.41) is 6.34. The number of rotatable bonds is 4. The van der Waals surface area contributed by atoms with Crippen molar-refractivity contribution in [1.29, 1.82) is 0 Å². The third-order valence-electron chi connectivity index (χ3n) is 4.67. The SMILES string of the molecule is CN1CCCC(C(=O)NC(=S)Nc2cccc(Cc3ccccc3)c2)C1. The van der Waals surface area contributed by atoms with Crippen LogP contribution in [0.3, 0.4) is 0 Å². The van der Waals surface area contributed by atoms with Crippen LogP contribution in [0.2, 0.25) is 0 Å². The Bertz CT molecular complexity index is 763. The monoisotopic (exact) mass is 367 g/mol. The molecule has 1 aliphatic heterocycles. The van der Waals surface area contributed by atoms with Crippen LogP contribution in [0, 0.1) is 5.92 Å². The summed E-state index contributed by atoms with van der Waals surface area (Å²) >= 11 is 5.33. The quantitative estimate of drug-likeness (QED) is 0.813. The number of nitrogens with one attached hydrogen (secondary N) is 2. The summed E-state index contributed by atoms with van der Waals surface area (Å²) in [4.78, 5) is 14.6. The van der Waals surface area contributed by atoms with E-state index in [1.54, 1.807) is 0 Å². The van der Waals surface area contributed by atoms with E-state index in [4.69, 9.17) is 12.2 Å². The maximum absolute atomic E-state index is 12.4. The van der Waals surface area contributed by atoms with Gasteiger partial charge in [-0.05, 0) is 68.3 Å². The molecule has 1 atom stereocenters. The Kier molecular flexibility index (Phi) is 6.36. The van der Waals surface area contributed by atoms with Gasteiger partial charge in [0, 0.05) is 12.2 Å². The lowest BCUT2D eigenvalue weighted by Gasteiger charge is -2.28. The number of carbonyl (C=O) groups excluding carboxylic acids is 1. The molecule has 1 aliphatic rings. The van der Waals surface area contributed by atoms with Gasteiger partial charge in [-0.2, -0.15) is 0 Å². The molecule has 136 valence electrons. The highest BCUT2D eigenvalue weighted by Crippen LogP contribution is 2.16. The molecule has 3 rings (SSSR count). The number of hydrogen-bond donors (Lipinski definition) is 2. The van der Waals surface area contributed by atoms with E-state index in [1.165, 1.54) is 11.1 Å². The van der Waals surface area contributed by atoms with Gasteiger partial charge in [0.25, 0.3) is 0 Å². The molecule has 5 heteroatoms. The molecule has 1 unspecified atom stereocenters. The first-order valence-corrected chi connectivity index (χ1v) is 9.44. The molecule has 0 bridgehead atoms. The van der Waals surface area contributed by atoms with Crippen LogP contribution in [-0.4, -0.2) is 36.1 Å². The Hall–Kier alpha value is -2.24. The smallest absolute Gasteiger partial charge is 0.230 e. The van der Waals surface area contributed by atoms with Gasteiger partial charge in [0.2, 0.25) is 5.91 Å². The average molecular weight is 368 g/mol. The second-order valence-corrected chi connectivity index (χ2v) is 7.32. The number of piperidine rings is 1. The molecule has 0 radical (unpaired) electrons. The second-order valence-electron chi connectivity index (χ2n) is 6.91. The number of amides is 1. The molecule has 0 saturated carbocycles. The van der Waals surface area contributed by atoms with Crippen molar-refractivity contribution in [3.63, 3.8) is 0 Å². The van der Waals surface area contributed by atoms with Crippen LogP contribution < -0.4 is 10.6 Å². The minimum atomic E-state index is 0.00879. The molecule has 1 heterocycles. The van der Waals surface area contributed by atoms with Crippen LogP contribution in [0.15, 0.2) is 54.6 Å². The largest absolute Gasteiger partial charge is 0.332 e. The van der Waals surface area contributed by atoms with E-state index in [0.29, 0.717) is 5.11 Å². The van der Waals surface area contributed by atoms with Crippen LogP contribution in [0.4, 0.5) is 5.69 Å². The molecule has 2 aromatic carbocycles. The van der Waals surface area contributed by atoms with Gasteiger partial charge >= 0.3 is 0 Å². The first-order chi connectivity index (χ1) is 12.6. The molecule has 0 aromatic heterocycles. The molecule has 0 spiro atoms. The van der Waals surface area contributed by atoms with Gasteiger partial charge in [0.15, 0.2) is 5.11 Å². The van der Waals surface area contributed by atoms with Crippen molar-refractivity contribution in [3.05, 3.63) is 65.7 Å². The van der Waals surface area contributed by atoms with E-state index in [9.17, 15) is 4.79 Å². The molecule has 0 aliphatic carbocycles. The van der Waals surface area contributed by atoms with Crippen molar-refractivity contribution in [2.24, 2.45) is 5.92 Å². The summed E-state index contributed by atoms with van der Waals surface area (Å²) in [5.41, 5.74) is 3.36. The first-order valence-electron chi connectivity index (χ1n) is 9.03. The molecule has 1 fully saturated rings. The molecule has 2 N–H and O–H groups in total. The van der Waals surface area contributed by atoms with Gasteiger partial charge < -0.3 is 15.5 Å². The molecule has 1 saturated heterocycles. The molecule has 26 heavy (non-hydrogen) atoms. The minimum Gasteiger partial charge on any atom is -0.332 e. The van der Waals surface area contributed by atoms with Crippen molar-refractivity contribution in [1.82, 2.24) is 10.2 Å². The zero-order valence-electron chi connectivity index (χ0n) is 15.1. The maximum atomic E-state index is 12.4. The van der Waals surface area contributed by atoms with Gasteiger partial charge in [-0.3, -0.25) is 4.79 Å². The summed E-state index contributed by atoms with van der Waals surface area (Å²) < 4.78 is 0.